The molecule has 0 saturated carbocycles. The quantitative estimate of drug-likeness (QED) is 0.573. The van der Waals surface area contributed by atoms with Crippen LogP contribution in [0.1, 0.15) is 40.4 Å². The number of nitrogens with one attached hydrogen (secondary N) is 1. The first-order valence-corrected chi connectivity index (χ1v) is 13.1. The van der Waals surface area contributed by atoms with Gasteiger partial charge in [0, 0.05) is 26.6 Å². The predicted octanol–water partition coefficient (Wildman–Crippen LogP) is 1.09. The van der Waals surface area contributed by atoms with Gasteiger partial charge < -0.3 is 20.1 Å². The first-order chi connectivity index (χ1) is 16.3. The Labute approximate surface area is 205 Å². The van der Waals surface area contributed by atoms with Crippen LogP contribution in [0.2, 0.25) is 0 Å². The van der Waals surface area contributed by atoms with E-state index in [1.165, 1.54) is 16.0 Å². The van der Waals surface area contributed by atoms with Gasteiger partial charge in [0.05, 0.1) is 42.4 Å². The summed E-state index contributed by atoms with van der Waals surface area (Å²) in [6, 6.07) is 6.02. The number of carbonyl (C=O) groups is 2. The van der Waals surface area contributed by atoms with E-state index in [-0.39, 0.29) is 48.5 Å². The van der Waals surface area contributed by atoms with Crippen LogP contribution in [-0.2, 0) is 17.1 Å². The van der Waals surface area contributed by atoms with Gasteiger partial charge in [0.1, 0.15) is 11.8 Å². The summed E-state index contributed by atoms with van der Waals surface area (Å²) < 4.78 is 33.1. The van der Waals surface area contributed by atoms with Crippen LogP contribution in [-0.4, -0.2) is 89.5 Å². The molecule has 35 heavy (non-hydrogen) atoms. The van der Waals surface area contributed by atoms with Crippen molar-refractivity contribution in [2.75, 3.05) is 38.3 Å². The number of aryl methyl sites for hydroxylation is 2. The van der Waals surface area contributed by atoms with Crippen LogP contribution in [0.3, 0.4) is 0 Å². The minimum Gasteiger partial charge on any atom is -0.486 e. The van der Waals surface area contributed by atoms with E-state index in [1.807, 2.05) is 6.92 Å². The fraction of sp³-hybridized carbons (Fsp3) is 0.522. The van der Waals surface area contributed by atoms with Crippen molar-refractivity contribution in [2.45, 2.75) is 32.9 Å². The minimum absolute atomic E-state index is 0.0399. The second-order valence-corrected chi connectivity index (χ2v) is 11.2. The number of hydrogen-bond donors (Lipinski definition) is 2. The third-order valence-corrected chi connectivity index (χ3v) is 7.46. The van der Waals surface area contributed by atoms with E-state index >= 15 is 0 Å². The zero-order valence-corrected chi connectivity index (χ0v) is 21.7. The first kappa shape index (κ1) is 26.6. The minimum atomic E-state index is -3.48. The van der Waals surface area contributed by atoms with Crippen molar-refractivity contribution < 1.29 is 27.9 Å². The molecule has 1 aromatic carbocycles. The monoisotopic (exact) mass is 507 g/mol. The molecule has 0 aliphatic carbocycles. The van der Waals surface area contributed by atoms with Gasteiger partial charge in [-0.05, 0) is 32.0 Å². The molecule has 0 unspecified atom stereocenters. The smallest absolute Gasteiger partial charge is 0.274 e. The zero-order chi connectivity index (χ0) is 26.1. The van der Waals surface area contributed by atoms with Gasteiger partial charge in [-0.3, -0.25) is 14.3 Å². The van der Waals surface area contributed by atoms with Crippen LogP contribution >= 0.6 is 0 Å². The number of ether oxygens (including phenoxy) is 1. The van der Waals surface area contributed by atoms with Crippen molar-refractivity contribution >= 4 is 27.5 Å². The number of anilines is 1. The van der Waals surface area contributed by atoms with Crippen molar-refractivity contribution in [2.24, 2.45) is 13.0 Å². The van der Waals surface area contributed by atoms with E-state index in [9.17, 15) is 23.1 Å². The van der Waals surface area contributed by atoms with E-state index in [1.54, 1.807) is 50.1 Å². The molecular weight excluding hydrogens is 474 g/mol. The van der Waals surface area contributed by atoms with Gasteiger partial charge in [0.15, 0.2) is 5.75 Å². The number of para-hydroxylation sites is 1. The van der Waals surface area contributed by atoms with Gasteiger partial charge in [-0.1, -0.05) is 13.0 Å². The number of rotatable bonds is 7. The molecule has 11 nitrogen and oxygen atoms in total. The van der Waals surface area contributed by atoms with Crippen LogP contribution in [0.15, 0.2) is 24.3 Å². The summed E-state index contributed by atoms with van der Waals surface area (Å²) in [5, 5.41) is 16.8. The van der Waals surface area contributed by atoms with E-state index in [4.69, 9.17) is 4.74 Å². The highest BCUT2D eigenvalue weighted by Crippen LogP contribution is 2.35. The third-order valence-electron chi connectivity index (χ3n) is 6.18. The zero-order valence-electron chi connectivity index (χ0n) is 20.8. The molecule has 192 valence electrons. The lowest BCUT2D eigenvalue weighted by atomic mass is 9.99. The highest BCUT2D eigenvalue weighted by atomic mass is 32.2. The molecule has 0 fully saturated rings. The molecule has 3 rings (SSSR count). The normalized spacial score (nSPS) is 19.5. The van der Waals surface area contributed by atoms with Gasteiger partial charge in [-0.2, -0.15) is 5.10 Å². The molecular formula is C23H33N5O6S. The standard InChI is InChI=1S/C23H33N5O6S/c1-14-11-28(16(3)13-29)23(31)17-8-7-9-18(24-22(30)19-10-15(2)25-27(19)5)21(17)34-20(14)12-26(4)35(6,32)33/h7-10,14,16,20,29H,11-13H2,1-6H3,(H,24,30)/t14-,16-,20+/m1/s1. The molecule has 0 saturated heterocycles. The molecule has 2 N–H and O–H groups in total. The molecule has 2 heterocycles. The van der Waals surface area contributed by atoms with Crippen molar-refractivity contribution in [3.63, 3.8) is 0 Å². The highest BCUT2D eigenvalue weighted by molar-refractivity contribution is 7.88. The molecule has 0 radical (unpaired) electrons. The SMILES string of the molecule is Cc1cc(C(=O)Nc2cccc3c2O[C@@H](CN(C)S(C)(=O)=O)[C@H](C)CN([C@H](C)CO)C3=O)n(C)n1. The number of sulfonamides is 1. The Morgan fingerprint density at radius 2 is 2.09 bits per heavy atom. The molecule has 12 heteroatoms. The second-order valence-electron chi connectivity index (χ2n) is 9.10. The lowest BCUT2D eigenvalue weighted by Gasteiger charge is -2.38. The number of likely N-dealkylation sites (N-methyl/N-ethyl adjacent to an activating group) is 1. The Morgan fingerprint density at radius 3 is 2.66 bits per heavy atom. The number of aliphatic hydroxyl groups excluding tert-OH is 1. The lowest BCUT2D eigenvalue weighted by Crippen LogP contribution is -2.50. The average Bonchev–Trinajstić information content (AvgIpc) is 3.13. The number of fused-ring (bicyclic) bond motifs is 1. The molecule has 0 spiro atoms. The van der Waals surface area contributed by atoms with Gasteiger partial charge in [0.2, 0.25) is 10.0 Å². The highest BCUT2D eigenvalue weighted by Gasteiger charge is 2.35. The summed E-state index contributed by atoms with van der Waals surface area (Å²) in [5.41, 5.74) is 1.49. The second kappa shape index (κ2) is 10.3. The largest absolute Gasteiger partial charge is 0.486 e. The van der Waals surface area contributed by atoms with Gasteiger partial charge in [0.25, 0.3) is 11.8 Å². The van der Waals surface area contributed by atoms with Crippen LogP contribution in [0.5, 0.6) is 5.75 Å². The molecule has 1 aromatic heterocycles. The number of aromatic nitrogens is 2. The Kier molecular flexibility index (Phi) is 7.87. The van der Waals surface area contributed by atoms with Gasteiger partial charge >= 0.3 is 0 Å². The van der Waals surface area contributed by atoms with E-state index in [0.29, 0.717) is 11.4 Å². The molecule has 1 aliphatic rings. The third kappa shape index (κ3) is 5.82. The summed E-state index contributed by atoms with van der Waals surface area (Å²) >= 11 is 0. The molecule has 0 bridgehead atoms. The Bertz CT molecular complexity index is 1210. The van der Waals surface area contributed by atoms with Crippen LogP contribution < -0.4 is 10.1 Å². The van der Waals surface area contributed by atoms with Crippen LogP contribution in [0.25, 0.3) is 0 Å². The Hall–Kier alpha value is -2.96. The number of carbonyl (C=O) groups excluding carboxylic acids is 2. The number of nitrogens with zero attached hydrogens (tertiary/aromatic N) is 4. The van der Waals surface area contributed by atoms with Crippen molar-refractivity contribution in [3.05, 3.63) is 41.2 Å². The summed E-state index contributed by atoms with van der Waals surface area (Å²) in [6.45, 7) is 5.43. The number of hydrogen-bond acceptors (Lipinski definition) is 7. The fourth-order valence-corrected chi connectivity index (χ4v) is 4.38. The Balaban J connectivity index is 2.07. The number of aliphatic hydroxyl groups is 1. The maximum atomic E-state index is 13.5. The maximum Gasteiger partial charge on any atom is 0.274 e. The summed E-state index contributed by atoms with van der Waals surface area (Å²) in [5.74, 6) is -0.916. The van der Waals surface area contributed by atoms with E-state index < -0.39 is 28.1 Å². The van der Waals surface area contributed by atoms with E-state index in [0.717, 1.165) is 6.26 Å². The topological polar surface area (TPSA) is 134 Å². The first-order valence-electron chi connectivity index (χ1n) is 11.3. The molecule has 3 atom stereocenters. The fourth-order valence-electron chi connectivity index (χ4n) is 3.96. The summed E-state index contributed by atoms with van der Waals surface area (Å²) in [6.07, 6.45) is 0.478. The van der Waals surface area contributed by atoms with Crippen molar-refractivity contribution in [3.8, 4) is 5.75 Å². The Morgan fingerprint density at radius 1 is 1.40 bits per heavy atom. The molecule has 1 aliphatic heterocycles. The van der Waals surface area contributed by atoms with Crippen LogP contribution in [0, 0.1) is 12.8 Å². The summed E-state index contributed by atoms with van der Waals surface area (Å²) in [4.78, 5) is 28.0. The maximum absolute atomic E-state index is 13.5. The molecule has 2 aromatic rings. The predicted molar refractivity (Wildman–Crippen MR) is 131 cm³/mol. The summed E-state index contributed by atoms with van der Waals surface area (Å²) in [7, 11) is -0.365. The van der Waals surface area contributed by atoms with Gasteiger partial charge in [-0.15, -0.1) is 0 Å². The molecule has 2 amide bonds. The number of benzene rings is 1. The van der Waals surface area contributed by atoms with Crippen molar-refractivity contribution in [1.29, 1.82) is 0 Å². The van der Waals surface area contributed by atoms with Crippen LogP contribution in [0.4, 0.5) is 5.69 Å². The van der Waals surface area contributed by atoms with E-state index in [2.05, 4.69) is 10.4 Å². The van der Waals surface area contributed by atoms with Gasteiger partial charge in [-0.25, -0.2) is 12.7 Å². The number of amides is 2. The lowest BCUT2D eigenvalue weighted by molar-refractivity contribution is 0.0389. The average molecular weight is 508 g/mol. The van der Waals surface area contributed by atoms with Crippen molar-refractivity contribution in [1.82, 2.24) is 19.0 Å².